The molecule has 0 spiro atoms. The third-order valence-electron chi connectivity index (χ3n) is 4.08. The summed E-state index contributed by atoms with van der Waals surface area (Å²) in [5.74, 6) is 0.225. The number of ketones is 1. The number of hydrogen-bond acceptors (Lipinski definition) is 3. The van der Waals surface area contributed by atoms with E-state index in [1.54, 1.807) is 0 Å². The van der Waals surface area contributed by atoms with E-state index in [-0.39, 0.29) is 5.78 Å². The zero-order chi connectivity index (χ0) is 14.1. The van der Waals surface area contributed by atoms with Crippen molar-refractivity contribution in [1.82, 2.24) is 14.8 Å². The first-order chi connectivity index (χ1) is 9.66. The van der Waals surface area contributed by atoms with Crippen LogP contribution in [0.4, 0.5) is 0 Å². The van der Waals surface area contributed by atoms with Gasteiger partial charge in [-0.05, 0) is 12.5 Å². The minimum absolute atomic E-state index is 0.225. The van der Waals surface area contributed by atoms with E-state index < -0.39 is 0 Å². The highest BCUT2D eigenvalue weighted by Gasteiger charge is 2.18. The highest BCUT2D eigenvalue weighted by molar-refractivity contribution is 6.09. The Bertz CT molecular complexity index is 638. The summed E-state index contributed by atoms with van der Waals surface area (Å²) in [5, 5.41) is 4.39. The third-order valence-corrected chi connectivity index (χ3v) is 4.08. The molecule has 2 heterocycles. The first-order valence-electron chi connectivity index (χ1n) is 7.18. The normalized spacial score (nSPS) is 16.7. The van der Waals surface area contributed by atoms with E-state index >= 15 is 0 Å². The maximum absolute atomic E-state index is 12.6. The molecule has 2 aromatic rings. The number of carbonyl (C=O) groups excluding carboxylic acids is 1. The smallest absolute Gasteiger partial charge is 0.178 e. The van der Waals surface area contributed by atoms with Gasteiger partial charge in [0, 0.05) is 50.4 Å². The molecule has 1 saturated heterocycles. The molecule has 1 fully saturated rings. The Labute approximate surface area is 119 Å². The van der Waals surface area contributed by atoms with E-state index in [0.717, 1.165) is 42.6 Å². The van der Waals surface area contributed by atoms with Crippen LogP contribution in [0.5, 0.6) is 0 Å². The van der Waals surface area contributed by atoms with Crippen molar-refractivity contribution in [3.63, 3.8) is 0 Å². The van der Waals surface area contributed by atoms with Crippen molar-refractivity contribution in [2.45, 2.75) is 6.92 Å². The van der Waals surface area contributed by atoms with Crippen molar-refractivity contribution in [1.29, 1.82) is 0 Å². The van der Waals surface area contributed by atoms with Gasteiger partial charge in [-0.3, -0.25) is 9.69 Å². The quantitative estimate of drug-likeness (QED) is 0.861. The van der Waals surface area contributed by atoms with Crippen molar-refractivity contribution in [2.75, 3.05) is 32.7 Å². The van der Waals surface area contributed by atoms with Gasteiger partial charge in [0.25, 0.3) is 0 Å². The molecule has 0 atom stereocenters. The summed E-state index contributed by atoms with van der Waals surface area (Å²) in [4.78, 5) is 14.8. The fourth-order valence-electron chi connectivity index (χ4n) is 3.05. The van der Waals surface area contributed by atoms with Crippen LogP contribution in [-0.2, 0) is 7.05 Å². The van der Waals surface area contributed by atoms with E-state index in [4.69, 9.17) is 0 Å². The van der Waals surface area contributed by atoms with Crippen LogP contribution in [0.1, 0.15) is 15.9 Å². The van der Waals surface area contributed by atoms with Gasteiger partial charge in [0.15, 0.2) is 5.78 Å². The fourth-order valence-corrected chi connectivity index (χ4v) is 3.05. The van der Waals surface area contributed by atoms with Gasteiger partial charge in [0.2, 0.25) is 0 Å². The summed E-state index contributed by atoms with van der Waals surface area (Å²) in [6.45, 7) is 6.47. The molecule has 0 aliphatic carbocycles. The predicted octanol–water partition coefficient (Wildman–Crippen LogP) is 1.57. The number of aryl methyl sites for hydroxylation is 2. The minimum atomic E-state index is 0.225. The maximum atomic E-state index is 12.6. The predicted molar refractivity (Wildman–Crippen MR) is 81.3 cm³/mol. The summed E-state index contributed by atoms with van der Waals surface area (Å²) in [6.07, 6.45) is 1.97. The number of nitrogens with zero attached hydrogens (tertiary/aromatic N) is 2. The topological polar surface area (TPSA) is 37.3 Å². The molecule has 0 amide bonds. The molecular weight excluding hydrogens is 250 g/mol. The molecule has 4 heteroatoms. The summed E-state index contributed by atoms with van der Waals surface area (Å²) in [7, 11) is 2.01. The number of aromatic nitrogens is 1. The van der Waals surface area contributed by atoms with Crippen LogP contribution in [0.25, 0.3) is 10.9 Å². The lowest BCUT2D eigenvalue weighted by Crippen LogP contribution is -2.45. The zero-order valence-corrected chi connectivity index (χ0v) is 12.1. The lowest BCUT2D eigenvalue weighted by molar-refractivity contribution is 0.0923. The summed E-state index contributed by atoms with van der Waals surface area (Å²) < 4.78 is 2.07. The Morgan fingerprint density at radius 1 is 1.30 bits per heavy atom. The SMILES string of the molecule is Cc1cccc2c(C(=O)CN3CCNCC3)cn(C)c12. The molecule has 20 heavy (non-hydrogen) atoms. The lowest BCUT2D eigenvalue weighted by Gasteiger charge is -2.26. The molecule has 3 rings (SSSR count). The Morgan fingerprint density at radius 2 is 2.05 bits per heavy atom. The van der Waals surface area contributed by atoms with E-state index in [1.165, 1.54) is 5.56 Å². The molecule has 0 saturated carbocycles. The second-order valence-electron chi connectivity index (χ2n) is 5.57. The number of piperazine rings is 1. The van der Waals surface area contributed by atoms with Gasteiger partial charge in [0.05, 0.1) is 12.1 Å². The van der Waals surface area contributed by atoms with E-state index in [0.29, 0.717) is 6.54 Å². The molecule has 1 aliphatic heterocycles. The number of carbonyl (C=O) groups is 1. The zero-order valence-electron chi connectivity index (χ0n) is 12.1. The molecule has 106 valence electrons. The molecule has 0 radical (unpaired) electrons. The van der Waals surface area contributed by atoms with Gasteiger partial charge in [-0.2, -0.15) is 0 Å². The third kappa shape index (κ3) is 2.37. The van der Waals surface area contributed by atoms with Crippen molar-refractivity contribution in [2.24, 2.45) is 7.05 Å². The van der Waals surface area contributed by atoms with Crippen molar-refractivity contribution in [3.8, 4) is 0 Å². The fraction of sp³-hybridized carbons (Fsp3) is 0.438. The lowest BCUT2D eigenvalue weighted by atomic mass is 10.1. The monoisotopic (exact) mass is 271 g/mol. The van der Waals surface area contributed by atoms with Crippen LogP contribution in [0, 0.1) is 6.92 Å². The van der Waals surface area contributed by atoms with Crippen molar-refractivity contribution in [3.05, 3.63) is 35.5 Å². The van der Waals surface area contributed by atoms with Crippen LogP contribution < -0.4 is 5.32 Å². The second-order valence-corrected chi connectivity index (χ2v) is 5.57. The Balaban J connectivity index is 1.90. The van der Waals surface area contributed by atoms with Crippen molar-refractivity contribution < 1.29 is 4.79 Å². The molecule has 1 aliphatic rings. The highest BCUT2D eigenvalue weighted by Crippen LogP contribution is 2.24. The number of Topliss-reactive ketones (excluding diaryl/α,β-unsaturated/α-hetero) is 1. The molecule has 1 aromatic heterocycles. The summed E-state index contributed by atoms with van der Waals surface area (Å²) >= 11 is 0. The maximum Gasteiger partial charge on any atom is 0.178 e. The van der Waals surface area contributed by atoms with Crippen LogP contribution in [0.3, 0.4) is 0 Å². The van der Waals surface area contributed by atoms with E-state index in [1.807, 2.05) is 25.4 Å². The first-order valence-corrected chi connectivity index (χ1v) is 7.18. The van der Waals surface area contributed by atoms with E-state index in [2.05, 4.69) is 27.8 Å². The Kier molecular flexibility index (Phi) is 3.59. The summed E-state index contributed by atoms with van der Waals surface area (Å²) in [5.41, 5.74) is 3.23. The van der Waals surface area contributed by atoms with Gasteiger partial charge in [-0.1, -0.05) is 18.2 Å². The Hall–Kier alpha value is -1.65. The van der Waals surface area contributed by atoms with Crippen LogP contribution in [-0.4, -0.2) is 48.0 Å². The van der Waals surface area contributed by atoms with Crippen LogP contribution in [0.15, 0.2) is 24.4 Å². The van der Waals surface area contributed by atoms with Gasteiger partial charge in [0.1, 0.15) is 0 Å². The molecule has 4 nitrogen and oxygen atoms in total. The molecular formula is C16H21N3O. The number of nitrogens with one attached hydrogen (secondary N) is 1. The van der Waals surface area contributed by atoms with Crippen LogP contribution >= 0.6 is 0 Å². The number of para-hydroxylation sites is 1. The standard InChI is InChI=1S/C16H21N3O/c1-12-4-3-5-13-14(10-18(2)16(12)13)15(20)11-19-8-6-17-7-9-19/h3-5,10,17H,6-9,11H2,1-2H3. The van der Waals surface area contributed by atoms with Crippen molar-refractivity contribution >= 4 is 16.7 Å². The van der Waals surface area contributed by atoms with Gasteiger partial charge >= 0.3 is 0 Å². The molecule has 0 unspecified atom stereocenters. The number of hydrogen-bond donors (Lipinski definition) is 1. The highest BCUT2D eigenvalue weighted by atomic mass is 16.1. The number of rotatable bonds is 3. The average Bonchev–Trinajstić information content (AvgIpc) is 2.79. The molecule has 0 bridgehead atoms. The van der Waals surface area contributed by atoms with E-state index in [9.17, 15) is 4.79 Å². The van der Waals surface area contributed by atoms with Gasteiger partial charge in [-0.25, -0.2) is 0 Å². The minimum Gasteiger partial charge on any atom is -0.350 e. The molecule has 1 N–H and O–H groups in total. The van der Waals surface area contributed by atoms with Gasteiger partial charge in [-0.15, -0.1) is 0 Å². The van der Waals surface area contributed by atoms with Gasteiger partial charge < -0.3 is 9.88 Å². The average molecular weight is 271 g/mol. The Morgan fingerprint density at radius 3 is 2.80 bits per heavy atom. The number of benzene rings is 1. The largest absolute Gasteiger partial charge is 0.350 e. The number of fused-ring (bicyclic) bond motifs is 1. The first kappa shape index (κ1) is 13.3. The van der Waals surface area contributed by atoms with Crippen LogP contribution in [0.2, 0.25) is 0 Å². The second kappa shape index (κ2) is 5.38. The molecule has 1 aromatic carbocycles. The summed E-state index contributed by atoms with van der Waals surface area (Å²) in [6, 6.07) is 6.17.